The third-order valence-electron chi connectivity index (χ3n) is 5.27. The largest absolute Gasteiger partial charge is 0.353 e. The van der Waals surface area contributed by atoms with Crippen LogP contribution in [0.5, 0.6) is 0 Å². The summed E-state index contributed by atoms with van der Waals surface area (Å²) in [5.41, 5.74) is 2.58. The SMILES string of the molecule is Cc1cccc([C@H]2C[C@H]2C(=O)N2CCCN(c3cccnn3)CC2)c1. The Hall–Kier alpha value is -2.43. The van der Waals surface area contributed by atoms with Crippen LogP contribution in [0.3, 0.4) is 0 Å². The average molecular weight is 336 g/mol. The lowest BCUT2D eigenvalue weighted by Gasteiger charge is -2.22. The minimum atomic E-state index is 0.171. The molecule has 0 bridgehead atoms. The summed E-state index contributed by atoms with van der Waals surface area (Å²) >= 11 is 0. The Kier molecular flexibility index (Phi) is 4.38. The first-order valence-electron chi connectivity index (χ1n) is 9.10. The third-order valence-corrected chi connectivity index (χ3v) is 5.27. The minimum absolute atomic E-state index is 0.171. The van der Waals surface area contributed by atoms with E-state index in [4.69, 9.17) is 0 Å². The average Bonchev–Trinajstić information content (AvgIpc) is 3.45. The van der Waals surface area contributed by atoms with Gasteiger partial charge in [0.15, 0.2) is 5.82 Å². The Bertz CT molecular complexity index is 748. The molecule has 2 atom stereocenters. The highest BCUT2D eigenvalue weighted by molar-refractivity contribution is 5.83. The summed E-state index contributed by atoms with van der Waals surface area (Å²) in [5.74, 6) is 1.81. The predicted molar refractivity (Wildman–Crippen MR) is 97.5 cm³/mol. The first-order chi connectivity index (χ1) is 12.2. The molecule has 25 heavy (non-hydrogen) atoms. The fraction of sp³-hybridized carbons (Fsp3) is 0.450. The standard InChI is InChI=1S/C20H24N4O/c1-15-5-2-6-16(13-15)17-14-18(17)20(25)24-10-4-9-23(11-12-24)19-7-3-8-21-22-19/h2-3,5-8,13,17-18H,4,9-12,14H2,1H3/t17-,18-/m1/s1. The van der Waals surface area contributed by atoms with Gasteiger partial charge in [0.2, 0.25) is 5.91 Å². The van der Waals surface area contributed by atoms with Gasteiger partial charge in [-0.2, -0.15) is 5.10 Å². The maximum absolute atomic E-state index is 12.9. The van der Waals surface area contributed by atoms with Gasteiger partial charge in [0.05, 0.1) is 0 Å². The molecular formula is C20H24N4O. The molecule has 2 fully saturated rings. The quantitative estimate of drug-likeness (QED) is 0.864. The highest BCUT2D eigenvalue weighted by Gasteiger charge is 2.45. The molecule has 1 aromatic carbocycles. The van der Waals surface area contributed by atoms with Crippen molar-refractivity contribution in [3.63, 3.8) is 0 Å². The van der Waals surface area contributed by atoms with Crippen LogP contribution in [-0.2, 0) is 4.79 Å². The van der Waals surface area contributed by atoms with Crippen molar-refractivity contribution in [3.05, 3.63) is 53.7 Å². The molecule has 0 radical (unpaired) electrons. The van der Waals surface area contributed by atoms with Gasteiger partial charge in [-0.15, -0.1) is 5.10 Å². The molecule has 5 nitrogen and oxygen atoms in total. The number of hydrogen-bond donors (Lipinski definition) is 0. The molecule has 1 amide bonds. The van der Waals surface area contributed by atoms with Gasteiger partial charge in [0.25, 0.3) is 0 Å². The van der Waals surface area contributed by atoms with Crippen molar-refractivity contribution >= 4 is 11.7 Å². The summed E-state index contributed by atoms with van der Waals surface area (Å²) in [4.78, 5) is 17.2. The fourth-order valence-electron chi connectivity index (χ4n) is 3.80. The smallest absolute Gasteiger partial charge is 0.226 e. The molecule has 1 aliphatic heterocycles. The van der Waals surface area contributed by atoms with Crippen LogP contribution in [0.15, 0.2) is 42.6 Å². The number of hydrogen-bond acceptors (Lipinski definition) is 4. The van der Waals surface area contributed by atoms with Gasteiger partial charge < -0.3 is 9.80 Å². The summed E-state index contributed by atoms with van der Waals surface area (Å²) in [6, 6.07) is 12.5. The van der Waals surface area contributed by atoms with Crippen LogP contribution in [0, 0.1) is 12.8 Å². The molecule has 1 saturated heterocycles. The number of aromatic nitrogens is 2. The Morgan fingerprint density at radius 1 is 1.12 bits per heavy atom. The molecular weight excluding hydrogens is 312 g/mol. The number of amides is 1. The van der Waals surface area contributed by atoms with Crippen LogP contribution in [-0.4, -0.2) is 47.2 Å². The lowest BCUT2D eigenvalue weighted by molar-refractivity contribution is -0.132. The monoisotopic (exact) mass is 336 g/mol. The van der Waals surface area contributed by atoms with Crippen LogP contribution in [0.25, 0.3) is 0 Å². The van der Waals surface area contributed by atoms with Gasteiger partial charge in [0.1, 0.15) is 0 Å². The second-order valence-electron chi connectivity index (χ2n) is 7.11. The van der Waals surface area contributed by atoms with Gasteiger partial charge in [0, 0.05) is 38.3 Å². The molecule has 2 aliphatic rings. The molecule has 130 valence electrons. The van der Waals surface area contributed by atoms with E-state index in [-0.39, 0.29) is 5.92 Å². The topological polar surface area (TPSA) is 49.3 Å². The highest BCUT2D eigenvalue weighted by atomic mass is 16.2. The fourth-order valence-corrected chi connectivity index (χ4v) is 3.80. The summed E-state index contributed by atoms with van der Waals surface area (Å²) in [6.07, 6.45) is 3.66. The van der Waals surface area contributed by atoms with E-state index in [1.165, 1.54) is 11.1 Å². The van der Waals surface area contributed by atoms with Crippen molar-refractivity contribution in [3.8, 4) is 0 Å². The maximum Gasteiger partial charge on any atom is 0.226 e. The number of benzene rings is 1. The molecule has 0 N–H and O–H groups in total. The molecule has 0 spiro atoms. The normalized spacial score (nSPS) is 23.2. The van der Waals surface area contributed by atoms with Gasteiger partial charge in [-0.05, 0) is 43.4 Å². The number of rotatable bonds is 3. The molecule has 5 heteroatoms. The predicted octanol–water partition coefficient (Wildman–Crippen LogP) is 2.63. The van der Waals surface area contributed by atoms with Crippen LogP contribution in [0.2, 0.25) is 0 Å². The van der Waals surface area contributed by atoms with E-state index in [9.17, 15) is 4.79 Å². The number of anilines is 1. The van der Waals surface area contributed by atoms with Crippen molar-refractivity contribution in [2.24, 2.45) is 5.92 Å². The lowest BCUT2D eigenvalue weighted by Crippen LogP contribution is -2.36. The van der Waals surface area contributed by atoms with Crippen molar-refractivity contribution < 1.29 is 4.79 Å². The number of nitrogens with zero attached hydrogens (tertiary/aromatic N) is 4. The Morgan fingerprint density at radius 2 is 2.04 bits per heavy atom. The Labute approximate surface area is 148 Å². The van der Waals surface area contributed by atoms with Crippen LogP contribution < -0.4 is 4.90 Å². The number of carbonyl (C=O) groups excluding carboxylic acids is 1. The van der Waals surface area contributed by atoms with E-state index >= 15 is 0 Å². The van der Waals surface area contributed by atoms with Gasteiger partial charge in [-0.25, -0.2) is 0 Å². The first-order valence-corrected chi connectivity index (χ1v) is 9.10. The Morgan fingerprint density at radius 3 is 2.84 bits per heavy atom. The van der Waals surface area contributed by atoms with E-state index in [0.717, 1.165) is 44.8 Å². The van der Waals surface area contributed by atoms with Crippen molar-refractivity contribution in [2.75, 3.05) is 31.1 Å². The van der Waals surface area contributed by atoms with Gasteiger partial charge >= 0.3 is 0 Å². The minimum Gasteiger partial charge on any atom is -0.353 e. The summed E-state index contributed by atoms with van der Waals surface area (Å²) in [6.45, 7) is 5.47. The molecule has 4 rings (SSSR count). The van der Waals surface area contributed by atoms with Crippen molar-refractivity contribution in [1.82, 2.24) is 15.1 Å². The zero-order valence-corrected chi connectivity index (χ0v) is 14.6. The molecule has 1 aliphatic carbocycles. The van der Waals surface area contributed by atoms with E-state index in [1.807, 2.05) is 12.1 Å². The second kappa shape index (κ2) is 6.82. The lowest BCUT2D eigenvalue weighted by atomic mass is 10.1. The van der Waals surface area contributed by atoms with Crippen molar-refractivity contribution in [1.29, 1.82) is 0 Å². The summed E-state index contributed by atoms with van der Waals surface area (Å²) in [5, 5.41) is 8.16. The highest BCUT2D eigenvalue weighted by Crippen LogP contribution is 2.48. The summed E-state index contributed by atoms with van der Waals surface area (Å²) < 4.78 is 0. The number of carbonyl (C=O) groups is 1. The maximum atomic E-state index is 12.9. The molecule has 1 aromatic heterocycles. The van der Waals surface area contributed by atoms with E-state index in [1.54, 1.807) is 6.20 Å². The van der Waals surface area contributed by atoms with Crippen LogP contribution >= 0.6 is 0 Å². The zero-order valence-electron chi connectivity index (χ0n) is 14.6. The molecule has 2 heterocycles. The molecule has 1 saturated carbocycles. The van der Waals surface area contributed by atoms with Crippen LogP contribution in [0.1, 0.15) is 29.9 Å². The van der Waals surface area contributed by atoms with E-state index in [0.29, 0.717) is 11.8 Å². The third kappa shape index (κ3) is 3.50. The molecule has 0 unspecified atom stereocenters. The zero-order chi connectivity index (χ0) is 17.2. The van der Waals surface area contributed by atoms with E-state index in [2.05, 4.69) is 51.2 Å². The van der Waals surface area contributed by atoms with E-state index < -0.39 is 0 Å². The first kappa shape index (κ1) is 16.1. The van der Waals surface area contributed by atoms with Crippen molar-refractivity contribution in [2.45, 2.75) is 25.7 Å². The second-order valence-corrected chi connectivity index (χ2v) is 7.11. The van der Waals surface area contributed by atoms with Gasteiger partial charge in [-0.1, -0.05) is 29.8 Å². The number of aryl methyl sites for hydroxylation is 1. The van der Waals surface area contributed by atoms with Crippen LogP contribution in [0.4, 0.5) is 5.82 Å². The molecule has 2 aromatic rings. The van der Waals surface area contributed by atoms with Gasteiger partial charge in [-0.3, -0.25) is 4.79 Å². The summed E-state index contributed by atoms with van der Waals surface area (Å²) in [7, 11) is 0. The Balaban J connectivity index is 1.37.